The van der Waals surface area contributed by atoms with Crippen molar-refractivity contribution in [2.24, 2.45) is 5.92 Å². The Bertz CT molecular complexity index is 460. The summed E-state index contributed by atoms with van der Waals surface area (Å²) in [6.45, 7) is 14.6. The first kappa shape index (κ1) is 16.4. The molecule has 1 aliphatic heterocycles. The Hall–Kier alpha value is -0.930. The second-order valence-corrected chi connectivity index (χ2v) is 6.92. The minimum absolute atomic E-state index is 0.229. The monoisotopic (exact) mass is 289 g/mol. The number of nitrogens with one attached hydrogen (secondary N) is 1. The number of aromatic nitrogens is 1. The van der Waals surface area contributed by atoms with E-state index in [1.807, 2.05) is 12.3 Å². The molecule has 118 valence electrons. The Balaban J connectivity index is 2.19. The summed E-state index contributed by atoms with van der Waals surface area (Å²) in [5.41, 5.74) is 2.76. The molecule has 1 N–H and O–H groups in total. The molecule has 1 fully saturated rings. The summed E-state index contributed by atoms with van der Waals surface area (Å²) in [7, 11) is 0. The van der Waals surface area contributed by atoms with Gasteiger partial charge in [-0.2, -0.15) is 0 Å². The lowest BCUT2D eigenvalue weighted by molar-refractivity contribution is 0.0476. The molecule has 1 aromatic heterocycles. The molecule has 2 rings (SSSR count). The number of hydrogen-bond acceptors (Lipinski definition) is 3. The summed E-state index contributed by atoms with van der Waals surface area (Å²) < 4.78 is 0. The Kier molecular flexibility index (Phi) is 5.39. The highest BCUT2D eigenvalue weighted by Crippen LogP contribution is 2.26. The zero-order valence-corrected chi connectivity index (χ0v) is 14.3. The quantitative estimate of drug-likeness (QED) is 0.900. The summed E-state index contributed by atoms with van der Waals surface area (Å²) in [5.74, 6) is 0.711. The molecule has 3 heteroatoms. The van der Waals surface area contributed by atoms with Gasteiger partial charge in [-0.1, -0.05) is 33.3 Å². The van der Waals surface area contributed by atoms with Crippen molar-refractivity contribution in [3.05, 3.63) is 29.6 Å². The smallest absolute Gasteiger partial charge is 0.0573 e. The van der Waals surface area contributed by atoms with Crippen LogP contribution in [0.5, 0.6) is 0 Å². The standard InChI is InChI=1S/C18H31N3/c1-6-14(3)17-11-20-18(5,7-2)13-21(17)12-16-15(4)9-8-10-19-16/h8-10,14,17,20H,6-7,11-13H2,1-5H3. The van der Waals surface area contributed by atoms with Crippen LogP contribution in [0.1, 0.15) is 51.8 Å². The van der Waals surface area contributed by atoms with E-state index >= 15 is 0 Å². The minimum atomic E-state index is 0.229. The predicted molar refractivity (Wildman–Crippen MR) is 89.3 cm³/mol. The first-order chi connectivity index (χ1) is 9.99. The third-order valence-corrected chi connectivity index (χ3v) is 5.31. The van der Waals surface area contributed by atoms with E-state index in [-0.39, 0.29) is 5.54 Å². The van der Waals surface area contributed by atoms with E-state index in [4.69, 9.17) is 0 Å². The average molecular weight is 289 g/mol. The van der Waals surface area contributed by atoms with E-state index in [1.165, 1.54) is 17.7 Å². The Morgan fingerprint density at radius 1 is 1.48 bits per heavy atom. The highest BCUT2D eigenvalue weighted by molar-refractivity contribution is 5.18. The molecule has 0 amide bonds. The lowest BCUT2D eigenvalue weighted by Gasteiger charge is -2.48. The summed E-state index contributed by atoms with van der Waals surface area (Å²) in [6, 6.07) is 4.80. The number of hydrogen-bond donors (Lipinski definition) is 1. The fraction of sp³-hybridized carbons (Fsp3) is 0.722. The lowest BCUT2D eigenvalue weighted by atomic mass is 9.88. The second-order valence-electron chi connectivity index (χ2n) is 6.92. The third-order valence-electron chi connectivity index (χ3n) is 5.31. The van der Waals surface area contributed by atoms with Crippen molar-refractivity contribution >= 4 is 0 Å². The van der Waals surface area contributed by atoms with E-state index in [1.54, 1.807) is 0 Å². The van der Waals surface area contributed by atoms with Gasteiger partial charge in [0, 0.05) is 37.4 Å². The lowest BCUT2D eigenvalue weighted by Crippen LogP contribution is -2.63. The van der Waals surface area contributed by atoms with Crippen molar-refractivity contribution < 1.29 is 0 Å². The van der Waals surface area contributed by atoms with E-state index in [0.717, 1.165) is 26.1 Å². The van der Waals surface area contributed by atoms with Gasteiger partial charge in [-0.25, -0.2) is 0 Å². The van der Waals surface area contributed by atoms with Gasteiger partial charge < -0.3 is 5.32 Å². The fourth-order valence-electron chi connectivity index (χ4n) is 3.22. The van der Waals surface area contributed by atoms with Gasteiger partial charge in [0.15, 0.2) is 0 Å². The second kappa shape index (κ2) is 6.89. The summed E-state index contributed by atoms with van der Waals surface area (Å²) in [6.07, 6.45) is 4.31. The maximum atomic E-state index is 4.60. The molecule has 1 saturated heterocycles. The number of rotatable bonds is 5. The van der Waals surface area contributed by atoms with Gasteiger partial charge in [0.1, 0.15) is 0 Å². The van der Waals surface area contributed by atoms with Crippen LogP contribution >= 0.6 is 0 Å². The van der Waals surface area contributed by atoms with Crippen LogP contribution in [0.2, 0.25) is 0 Å². The summed E-state index contributed by atoms with van der Waals surface area (Å²) in [4.78, 5) is 7.26. The zero-order chi connectivity index (χ0) is 15.5. The molecule has 3 atom stereocenters. The van der Waals surface area contributed by atoms with Gasteiger partial charge in [0.25, 0.3) is 0 Å². The van der Waals surface area contributed by atoms with Crippen molar-refractivity contribution in [1.82, 2.24) is 15.2 Å². The fourth-order valence-corrected chi connectivity index (χ4v) is 3.22. The summed E-state index contributed by atoms with van der Waals surface area (Å²) >= 11 is 0. The van der Waals surface area contributed by atoms with Crippen LogP contribution in [0, 0.1) is 12.8 Å². The van der Waals surface area contributed by atoms with Crippen LogP contribution < -0.4 is 5.32 Å². The highest BCUT2D eigenvalue weighted by atomic mass is 15.3. The summed E-state index contributed by atoms with van der Waals surface area (Å²) in [5, 5.41) is 3.78. The number of piperazine rings is 1. The van der Waals surface area contributed by atoms with Gasteiger partial charge in [-0.3, -0.25) is 9.88 Å². The van der Waals surface area contributed by atoms with Crippen molar-refractivity contribution in [1.29, 1.82) is 0 Å². The Labute approximate surface area is 130 Å². The van der Waals surface area contributed by atoms with Gasteiger partial charge >= 0.3 is 0 Å². The number of nitrogens with zero attached hydrogens (tertiary/aromatic N) is 2. The maximum absolute atomic E-state index is 4.60. The van der Waals surface area contributed by atoms with E-state index in [9.17, 15) is 0 Å². The molecule has 0 aliphatic carbocycles. The molecular weight excluding hydrogens is 258 g/mol. The molecule has 1 aliphatic rings. The first-order valence-corrected chi connectivity index (χ1v) is 8.38. The molecule has 3 nitrogen and oxygen atoms in total. The maximum Gasteiger partial charge on any atom is 0.0573 e. The largest absolute Gasteiger partial charge is 0.309 e. The van der Waals surface area contributed by atoms with Crippen LogP contribution in [0.3, 0.4) is 0 Å². The number of pyridine rings is 1. The topological polar surface area (TPSA) is 28.2 Å². The molecular formula is C18H31N3. The molecule has 21 heavy (non-hydrogen) atoms. The van der Waals surface area contributed by atoms with Gasteiger partial charge in [-0.05, 0) is 37.8 Å². The van der Waals surface area contributed by atoms with E-state index in [2.05, 4.69) is 55.9 Å². The molecule has 0 aromatic carbocycles. The Morgan fingerprint density at radius 2 is 2.24 bits per heavy atom. The van der Waals surface area contributed by atoms with Crippen molar-refractivity contribution in [3.63, 3.8) is 0 Å². The molecule has 0 saturated carbocycles. The van der Waals surface area contributed by atoms with Gasteiger partial charge in [0.2, 0.25) is 0 Å². The van der Waals surface area contributed by atoms with Crippen LogP contribution in [0.4, 0.5) is 0 Å². The molecule has 2 heterocycles. The van der Waals surface area contributed by atoms with E-state index in [0.29, 0.717) is 12.0 Å². The van der Waals surface area contributed by atoms with Crippen molar-refractivity contribution in [3.8, 4) is 0 Å². The van der Waals surface area contributed by atoms with Gasteiger partial charge in [-0.15, -0.1) is 0 Å². The molecule has 0 spiro atoms. The SMILES string of the molecule is CCC(C)C1CNC(C)(CC)CN1Cc1ncccc1C. The Morgan fingerprint density at radius 3 is 2.86 bits per heavy atom. The average Bonchev–Trinajstić information content (AvgIpc) is 2.49. The van der Waals surface area contributed by atoms with Crippen LogP contribution in [0.15, 0.2) is 18.3 Å². The highest BCUT2D eigenvalue weighted by Gasteiger charge is 2.36. The normalized spacial score (nSPS) is 28.5. The zero-order valence-electron chi connectivity index (χ0n) is 14.3. The first-order valence-electron chi connectivity index (χ1n) is 8.38. The van der Waals surface area contributed by atoms with Crippen molar-refractivity contribution in [2.45, 2.75) is 65.6 Å². The third kappa shape index (κ3) is 3.83. The van der Waals surface area contributed by atoms with Crippen LogP contribution in [0.25, 0.3) is 0 Å². The van der Waals surface area contributed by atoms with Crippen molar-refractivity contribution in [2.75, 3.05) is 13.1 Å². The van der Waals surface area contributed by atoms with Crippen LogP contribution in [-0.2, 0) is 6.54 Å². The molecule has 0 radical (unpaired) electrons. The number of aryl methyl sites for hydroxylation is 1. The molecule has 0 bridgehead atoms. The predicted octanol–water partition coefficient (Wildman–Crippen LogP) is 3.38. The van der Waals surface area contributed by atoms with Crippen LogP contribution in [-0.4, -0.2) is 34.6 Å². The van der Waals surface area contributed by atoms with Gasteiger partial charge in [0.05, 0.1) is 5.69 Å². The molecule has 1 aromatic rings. The molecule has 3 unspecified atom stereocenters. The minimum Gasteiger partial charge on any atom is -0.309 e. The van der Waals surface area contributed by atoms with E-state index < -0.39 is 0 Å².